The lowest BCUT2D eigenvalue weighted by Gasteiger charge is -2.38. The Bertz CT molecular complexity index is 509. The molecule has 1 unspecified atom stereocenters. The standard InChI is InChI=1S/C16H25N3O3/c1-3-15(12-20)18-9-7-17(8-10-18)11-14-5-4-6-16(13(14)2)19(21)22/h4-6,15,20H,3,7-12H2,1-2H3. The third-order valence-electron chi connectivity index (χ3n) is 4.61. The van der Waals surface area contributed by atoms with Gasteiger partial charge in [-0.2, -0.15) is 0 Å². The second-order valence-electron chi connectivity index (χ2n) is 5.88. The Morgan fingerprint density at radius 3 is 2.55 bits per heavy atom. The summed E-state index contributed by atoms with van der Waals surface area (Å²) in [5.41, 5.74) is 1.98. The molecule has 0 saturated carbocycles. The summed E-state index contributed by atoms with van der Waals surface area (Å²) in [6, 6.07) is 5.54. The Balaban J connectivity index is 1.97. The lowest BCUT2D eigenvalue weighted by molar-refractivity contribution is -0.385. The second-order valence-corrected chi connectivity index (χ2v) is 5.88. The Morgan fingerprint density at radius 2 is 2.00 bits per heavy atom. The van der Waals surface area contributed by atoms with Crippen molar-refractivity contribution in [3.63, 3.8) is 0 Å². The quantitative estimate of drug-likeness (QED) is 0.641. The SMILES string of the molecule is CCC(CO)N1CCN(Cc2cccc([N+](=O)[O-])c2C)CC1. The van der Waals surface area contributed by atoms with Gasteiger partial charge in [0.1, 0.15) is 0 Å². The molecule has 2 rings (SSSR count). The first-order valence-corrected chi connectivity index (χ1v) is 7.87. The van der Waals surface area contributed by atoms with Crippen LogP contribution in [-0.2, 0) is 6.54 Å². The van der Waals surface area contributed by atoms with Gasteiger partial charge in [-0.1, -0.05) is 19.1 Å². The molecule has 0 amide bonds. The van der Waals surface area contributed by atoms with E-state index in [1.807, 2.05) is 13.0 Å². The molecule has 1 aromatic carbocycles. The number of nitrogens with zero attached hydrogens (tertiary/aromatic N) is 3. The molecular weight excluding hydrogens is 282 g/mol. The predicted molar refractivity (Wildman–Crippen MR) is 85.8 cm³/mol. The van der Waals surface area contributed by atoms with Gasteiger partial charge in [0.15, 0.2) is 0 Å². The zero-order valence-electron chi connectivity index (χ0n) is 13.4. The van der Waals surface area contributed by atoms with Crippen molar-refractivity contribution in [2.24, 2.45) is 0 Å². The number of benzene rings is 1. The molecule has 1 aliphatic rings. The molecule has 1 heterocycles. The average Bonchev–Trinajstić information content (AvgIpc) is 2.52. The maximum Gasteiger partial charge on any atom is 0.272 e. The molecule has 0 aliphatic carbocycles. The summed E-state index contributed by atoms with van der Waals surface area (Å²) in [5.74, 6) is 0. The van der Waals surface area contributed by atoms with Gasteiger partial charge in [0.2, 0.25) is 0 Å². The number of aliphatic hydroxyl groups excluding tert-OH is 1. The van der Waals surface area contributed by atoms with Gasteiger partial charge < -0.3 is 5.11 Å². The van der Waals surface area contributed by atoms with E-state index in [0.717, 1.165) is 50.3 Å². The van der Waals surface area contributed by atoms with Gasteiger partial charge in [-0.25, -0.2) is 0 Å². The Morgan fingerprint density at radius 1 is 1.32 bits per heavy atom. The van der Waals surface area contributed by atoms with Gasteiger partial charge in [0.05, 0.1) is 11.5 Å². The summed E-state index contributed by atoms with van der Waals surface area (Å²) in [5, 5.41) is 20.4. The van der Waals surface area contributed by atoms with Crippen molar-refractivity contribution in [3.05, 3.63) is 39.4 Å². The number of hydrogen-bond acceptors (Lipinski definition) is 5. The van der Waals surface area contributed by atoms with E-state index in [2.05, 4.69) is 16.7 Å². The van der Waals surface area contributed by atoms with Crippen LogP contribution in [0.5, 0.6) is 0 Å². The highest BCUT2D eigenvalue weighted by molar-refractivity contribution is 5.44. The van der Waals surface area contributed by atoms with E-state index in [0.29, 0.717) is 0 Å². The molecule has 1 saturated heterocycles. The van der Waals surface area contributed by atoms with Gasteiger partial charge in [0.25, 0.3) is 5.69 Å². The van der Waals surface area contributed by atoms with E-state index in [1.165, 1.54) is 0 Å². The van der Waals surface area contributed by atoms with Gasteiger partial charge in [-0.15, -0.1) is 0 Å². The van der Waals surface area contributed by atoms with E-state index >= 15 is 0 Å². The molecule has 22 heavy (non-hydrogen) atoms. The summed E-state index contributed by atoms with van der Waals surface area (Å²) in [4.78, 5) is 15.4. The number of nitro benzene ring substituents is 1. The first kappa shape index (κ1) is 16.9. The van der Waals surface area contributed by atoms with Crippen LogP contribution in [0.1, 0.15) is 24.5 Å². The second kappa shape index (κ2) is 7.67. The molecule has 1 fully saturated rings. The van der Waals surface area contributed by atoms with Gasteiger partial charge in [-0.05, 0) is 18.9 Å². The van der Waals surface area contributed by atoms with E-state index in [9.17, 15) is 15.2 Å². The summed E-state index contributed by atoms with van der Waals surface area (Å²) in [7, 11) is 0. The minimum Gasteiger partial charge on any atom is -0.395 e. The van der Waals surface area contributed by atoms with Crippen LogP contribution < -0.4 is 0 Å². The number of hydrogen-bond donors (Lipinski definition) is 1. The first-order chi connectivity index (χ1) is 10.6. The minimum atomic E-state index is -0.316. The zero-order valence-corrected chi connectivity index (χ0v) is 13.4. The van der Waals surface area contributed by atoms with Crippen molar-refractivity contribution in [2.45, 2.75) is 32.9 Å². The molecule has 1 N–H and O–H groups in total. The zero-order chi connectivity index (χ0) is 16.1. The number of aliphatic hydroxyl groups is 1. The predicted octanol–water partition coefficient (Wildman–Crippen LogP) is 1.79. The van der Waals surface area contributed by atoms with Gasteiger partial charge >= 0.3 is 0 Å². The molecule has 1 atom stereocenters. The normalized spacial score (nSPS) is 18.3. The summed E-state index contributed by atoms with van der Waals surface area (Å²) in [6.07, 6.45) is 0.959. The molecule has 0 spiro atoms. The molecule has 0 bridgehead atoms. The third-order valence-corrected chi connectivity index (χ3v) is 4.61. The third kappa shape index (κ3) is 3.82. The molecule has 1 aromatic rings. The fourth-order valence-electron chi connectivity index (χ4n) is 3.07. The molecular formula is C16H25N3O3. The van der Waals surface area contributed by atoms with E-state index in [1.54, 1.807) is 12.1 Å². The van der Waals surface area contributed by atoms with Crippen LogP contribution in [0.15, 0.2) is 18.2 Å². The molecule has 0 aromatic heterocycles. The Labute approximate surface area is 131 Å². The van der Waals surface area contributed by atoms with E-state index < -0.39 is 0 Å². The lowest BCUT2D eigenvalue weighted by Crippen LogP contribution is -2.50. The number of piperazine rings is 1. The van der Waals surface area contributed by atoms with Gasteiger partial charge in [-0.3, -0.25) is 19.9 Å². The number of rotatable bonds is 6. The fourth-order valence-corrected chi connectivity index (χ4v) is 3.07. The largest absolute Gasteiger partial charge is 0.395 e. The first-order valence-electron chi connectivity index (χ1n) is 7.87. The van der Waals surface area contributed by atoms with Crippen molar-refractivity contribution >= 4 is 5.69 Å². The molecule has 6 heteroatoms. The maximum atomic E-state index is 11.0. The van der Waals surface area contributed by atoms with Crippen molar-refractivity contribution in [1.82, 2.24) is 9.80 Å². The van der Waals surface area contributed by atoms with Gasteiger partial charge in [0, 0.05) is 50.4 Å². The van der Waals surface area contributed by atoms with E-state index in [4.69, 9.17) is 0 Å². The summed E-state index contributed by atoms with van der Waals surface area (Å²) < 4.78 is 0. The summed E-state index contributed by atoms with van der Waals surface area (Å²) >= 11 is 0. The maximum absolute atomic E-state index is 11.0. The highest BCUT2D eigenvalue weighted by Gasteiger charge is 2.23. The number of nitro groups is 1. The smallest absolute Gasteiger partial charge is 0.272 e. The molecule has 122 valence electrons. The van der Waals surface area contributed by atoms with Crippen molar-refractivity contribution < 1.29 is 10.0 Å². The molecule has 0 radical (unpaired) electrons. The Hall–Kier alpha value is -1.50. The molecule has 6 nitrogen and oxygen atoms in total. The van der Waals surface area contributed by atoms with Crippen molar-refractivity contribution in [3.8, 4) is 0 Å². The average molecular weight is 307 g/mol. The van der Waals surface area contributed by atoms with Crippen LogP contribution in [0.4, 0.5) is 5.69 Å². The van der Waals surface area contributed by atoms with Crippen LogP contribution in [0, 0.1) is 17.0 Å². The lowest BCUT2D eigenvalue weighted by atomic mass is 10.1. The van der Waals surface area contributed by atoms with Crippen LogP contribution in [0.2, 0.25) is 0 Å². The van der Waals surface area contributed by atoms with E-state index in [-0.39, 0.29) is 23.3 Å². The monoisotopic (exact) mass is 307 g/mol. The Kier molecular flexibility index (Phi) is 5.88. The van der Waals surface area contributed by atoms with Crippen LogP contribution >= 0.6 is 0 Å². The van der Waals surface area contributed by atoms with Crippen LogP contribution in [0.25, 0.3) is 0 Å². The minimum absolute atomic E-state index is 0.197. The fraction of sp³-hybridized carbons (Fsp3) is 0.625. The highest BCUT2D eigenvalue weighted by atomic mass is 16.6. The van der Waals surface area contributed by atoms with Crippen LogP contribution in [-0.4, -0.2) is 58.7 Å². The highest BCUT2D eigenvalue weighted by Crippen LogP contribution is 2.22. The topological polar surface area (TPSA) is 69.8 Å². The molecule has 1 aliphatic heterocycles. The van der Waals surface area contributed by atoms with Crippen molar-refractivity contribution in [2.75, 3.05) is 32.8 Å². The van der Waals surface area contributed by atoms with Crippen molar-refractivity contribution in [1.29, 1.82) is 0 Å². The van der Waals surface area contributed by atoms with Crippen LogP contribution in [0.3, 0.4) is 0 Å². The summed E-state index contributed by atoms with van der Waals surface area (Å²) in [6.45, 7) is 8.61.